The summed E-state index contributed by atoms with van der Waals surface area (Å²) in [6.07, 6.45) is 7.02. The van der Waals surface area contributed by atoms with Crippen LogP contribution in [-0.2, 0) is 13.6 Å². The highest BCUT2D eigenvalue weighted by Gasteiger charge is 2.25. The van der Waals surface area contributed by atoms with E-state index in [1.807, 2.05) is 10.6 Å². The van der Waals surface area contributed by atoms with E-state index in [1.54, 1.807) is 0 Å². The van der Waals surface area contributed by atoms with Gasteiger partial charge in [0, 0.05) is 24.9 Å². The van der Waals surface area contributed by atoms with Crippen molar-refractivity contribution in [1.29, 1.82) is 0 Å². The van der Waals surface area contributed by atoms with Crippen LogP contribution in [0.3, 0.4) is 0 Å². The first-order valence-corrected chi connectivity index (χ1v) is 9.20. The summed E-state index contributed by atoms with van der Waals surface area (Å²) in [7, 11) is 2.07. The van der Waals surface area contributed by atoms with Gasteiger partial charge in [0.25, 0.3) is 5.56 Å². The van der Waals surface area contributed by atoms with Gasteiger partial charge in [0.15, 0.2) is 5.52 Å². The second kappa shape index (κ2) is 6.08. The van der Waals surface area contributed by atoms with Crippen LogP contribution in [0.25, 0.3) is 21.9 Å². The molecule has 0 bridgehead atoms. The van der Waals surface area contributed by atoms with Gasteiger partial charge in [-0.25, -0.2) is 4.98 Å². The second-order valence-electron chi connectivity index (χ2n) is 7.04. The smallest absolute Gasteiger partial charge is 0.279 e. The van der Waals surface area contributed by atoms with E-state index in [0.29, 0.717) is 11.4 Å². The van der Waals surface area contributed by atoms with Crippen LogP contribution in [0.2, 0.25) is 0 Å². The molecule has 4 heteroatoms. The van der Waals surface area contributed by atoms with E-state index in [-0.39, 0.29) is 5.56 Å². The molecule has 0 saturated heterocycles. The molecule has 1 saturated carbocycles. The summed E-state index contributed by atoms with van der Waals surface area (Å²) in [5.74, 6) is 1.60. The van der Waals surface area contributed by atoms with Gasteiger partial charge in [-0.05, 0) is 25.3 Å². The fourth-order valence-electron chi connectivity index (χ4n) is 4.21. The van der Waals surface area contributed by atoms with E-state index in [9.17, 15) is 4.79 Å². The largest absolute Gasteiger partial charge is 0.330 e. The number of benzene rings is 1. The Morgan fingerprint density at radius 1 is 1.21 bits per heavy atom. The highest BCUT2D eigenvalue weighted by Crippen LogP contribution is 2.35. The number of hydrogen-bond donors (Lipinski definition) is 0. The zero-order chi connectivity index (χ0) is 16.7. The Labute approximate surface area is 142 Å². The molecule has 0 N–H and O–H groups in total. The summed E-state index contributed by atoms with van der Waals surface area (Å²) in [5.41, 5.74) is 2.75. The number of imidazole rings is 1. The Bertz CT molecular complexity index is 945. The van der Waals surface area contributed by atoms with Crippen LogP contribution < -0.4 is 5.56 Å². The zero-order valence-electron chi connectivity index (χ0n) is 14.6. The maximum atomic E-state index is 13.1. The molecule has 1 fully saturated rings. The number of hydrogen-bond acceptors (Lipinski definition) is 2. The number of rotatable bonds is 4. The van der Waals surface area contributed by atoms with Crippen molar-refractivity contribution in [1.82, 2.24) is 14.1 Å². The van der Waals surface area contributed by atoms with Crippen molar-refractivity contribution in [2.24, 2.45) is 7.05 Å². The minimum absolute atomic E-state index is 0.0667. The molecule has 2 aromatic heterocycles. The molecule has 0 unspecified atom stereocenters. The maximum Gasteiger partial charge on any atom is 0.279 e. The third-order valence-electron chi connectivity index (χ3n) is 5.48. The van der Waals surface area contributed by atoms with Gasteiger partial charge < -0.3 is 9.13 Å². The Morgan fingerprint density at radius 2 is 1.96 bits per heavy atom. The third-order valence-corrected chi connectivity index (χ3v) is 5.48. The monoisotopic (exact) mass is 323 g/mol. The molecule has 4 nitrogen and oxygen atoms in total. The van der Waals surface area contributed by atoms with Crippen molar-refractivity contribution in [3.8, 4) is 0 Å². The van der Waals surface area contributed by atoms with Gasteiger partial charge in [0.2, 0.25) is 0 Å². The summed E-state index contributed by atoms with van der Waals surface area (Å²) in [6.45, 7) is 2.92. The highest BCUT2D eigenvalue weighted by atomic mass is 16.1. The lowest BCUT2D eigenvalue weighted by Gasteiger charge is -2.12. The lowest BCUT2D eigenvalue weighted by atomic mass is 10.1. The molecular formula is C20H25N3O. The summed E-state index contributed by atoms with van der Waals surface area (Å²) >= 11 is 0. The van der Waals surface area contributed by atoms with E-state index in [0.717, 1.165) is 41.6 Å². The fourth-order valence-corrected chi connectivity index (χ4v) is 4.21. The molecule has 24 heavy (non-hydrogen) atoms. The van der Waals surface area contributed by atoms with Gasteiger partial charge in [-0.3, -0.25) is 4.79 Å². The Balaban J connectivity index is 2.04. The molecule has 2 heterocycles. The second-order valence-corrected chi connectivity index (χ2v) is 7.04. The van der Waals surface area contributed by atoms with Gasteiger partial charge in [-0.15, -0.1) is 0 Å². The molecule has 1 aliphatic carbocycles. The van der Waals surface area contributed by atoms with Crippen LogP contribution in [0.4, 0.5) is 0 Å². The summed E-state index contributed by atoms with van der Waals surface area (Å²) in [6, 6.07) is 8.26. The quantitative estimate of drug-likeness (QED) is 0.716. The van der Waals surface area contributed by atoms with E-state index < -0.39 is 0 Å². The topological polar surface area (TPSA) is 39.8 Å². The molecule has 0 radical (unpaired) electrons. The minimum atomic E-state index is 0.0667. The molecule has 3 aromatic rings. The average molecular weight is 323 g/mol. The van der Waals surface area contributed by atoms with E-state index >= 15 is 0 Å². The minimum Gasteiger partial charge on any atom is -0.330 e. The first kappa shape index (κ1) is 15.4. The van der Waals surface area contributed by atoms with Crippen LogP contribution in [0.1, 0.15) is 57.2 Å². The van der Waals surface area contributed by atoms with Gasteiger partial charge in [-0.1, -0.05) is 44.4 Å². The van der Waals surface area contributed by atoms with Crippen LogP contribution >= 0.6 is 0 Å². The lowest BCUT2D eigenvalue weighted by Crippen LogP contribution is -2.21. The van der Waals surface area contributed by atoms with E-state index in [1.165, 1.54) is 25.7 Å². The zero-order valence-corrected chi connectivity index (χ0v) is 14.6. The van der Waals surface area contributed by atoms with Crippen LogP contribution in [-0.4, -0.2) is 14.1 Å². The van der Waals surface area contributed by atoms with Crippen molar-refractivity contribution in [2.45, 2.75) is 57.9 Å². The number of pyridine rings is 1. The number of aromatic nitrogens is 3. The van der Waals surface area contributed by atoms with Gasteiger partial charge >= 0.3 is 0 Å². The molecule has 0 aliphatic heterocycles. The Kier molecular flexibility index (Phi) is 3.91. The summed E-state index contributed by atoms with van der Waals surface area (Å²) in [4.78, 5) is 18.0. The summed E-state index contributed by atoms with van der Waals surface area (Å²) in [5, 5.41) is 1.14. The molecule has 0 amide bonds. The molecule has 4 rings (SSSR count). The SMILES string of the molecule is CCCCn1c(=O)c2nc(C3CCCC3)n(C)c2c2ccccc21. The Hall–Kier alpha value is -2.10. The molecule has 126 valence electrons. The van der Waals surface area contributed by atoms with Crippen LogP contribution in [0.5, 0.6) is 0 Å². The van der Waals surface area contributed by atoms with Crippen LogP contribution in [0.15, 0.2) is 29.1 Å². The molecule has 0 spiro atoms. The summed E-state index contributed by atoms with van der Waals surface area (Å²) < 4.78 is 4.10. The molecule has 0 atom stereocenters. The fraction of sp³-hybridized carbons (Fsp3) is 0.500. The molecular weight excluding hydrogens is 298 g/mol. The molecule has 1 aromatic carbocycles. The Morgan fingerprint density at radius 3 is 2.71 bits per heavy atom. The van der Waals surface area contributed by atoms with E-state index in [2.05, 4.69) is 36.7 Å². The normalized spacial score (nSPS) is 15.8. The van der Waals surface area contributed by atoms with Crippen molar-refractivity contribution in [3.63, 3.8) is 0 Å². The number of unbranched alkanes of at least 4 members (excludes halogenated alkanes) is 1. The van der Waals surface area contributed by atoms with Gasteiger partial charge in [0.1, 0.15) is 5.82 Å². The average Bonchev–Trinajstić information content (AvgIpc) is 3.23. The predicted octanol–water partition coefficient (Wildman–Crippen LogP) is 4.35. The third kappa shape index (κ3) is 2.27. The van der Waals surface area contributed by atoms with Gasteiger partial charge in [0.05, 0.1) is 11.0 Å². The number of nitrogens with zero attached hydrogens (tertiary/aromatic N) is 3. The first-order valence-electron chi connectivity index (χ1n) is 9.20. The molecule has 1 aliphatic rings. The predicted molar refractivity (Wildman–Crippen MR) is 98.6 cm³/mol. The van der Waals surface area contributed by atoms with Crippen LogP contribution in [0, 0.1) is 0 Å². The standard InChI is InChI=1S/C20H25N3O/c1-3-4-13-23-16-12-8-7-11-15(16)18-17(20(23)24)21-19(22(18)2)14-9-5-6-10-14/h7-8,11-12,14H,3-6,9-10,13H2,1-2H3. The van der Waals surface area contributed by atoms with Gasteiger partial charge in [-0.2, -0.15) is 0 Å². The van der Waals surface area contributed by atoms with Crippen molar-refractivity contribution >= 4 is 21.9 Å². The van der Waals surface area contributed by atoms with Crippen molar-refractivity contribution in [2.75, 3.05) is 0 Å². The highest BCUT2D eigenvalue weighted by molar-refractivity contribution is 6.02. The number of fused-ring (bicyclic) bond motifs is 3. The first-order chi connectivity index (χ1) is 11.7. The van der Waals surface area contributed by atoms with Crippen molar-refractivity contribution in [3.05, 3.63) is 40.4 Å². The number of para-hydroxylation sites is 1. The maximum absolute atomic E-state index is 13.1. The lowest BCUT2D eigenvalue weighted by molar-refractivity contribution is 0.633. The van der Waals surface area contributed by atoms with E-state index in [4.69, 9.17) is 4.98 Å². The van der Waals surface area contributed by atoms with Crippen molar-refractivity contribution < 1.29 is 0 Å². The number of aryl methyl sites for hydroxylation is 2.